The monoisotopic (exact) mass is 658 g/mol. The molecule has 224 valence electrons. The van der Waals surface area contributed by atoms with Gasteiger partial charge in [0.05, 0.1) is 15.4 Å². The average Bonchev–Trinajstić information content (AvgIpc) is 3.60. The van der Waals surface area contributed by atoms with Crippen molar-refractivity contribution in [3.8, 4) is 16.3 Å². The second-order valence-electron chi connectivity index (χ2n) is 11.9. The molecule has 0 bridgehead atoms. The molecule has 2 saturated heterocycles. The highest BCUT2D eigenvalue weighted by Gasteiger charge is 2.45. The number of rotatable bonds is 8. The Labute approximate surface area is 257 Å². The van der Waals surface area contributed by atoms with Crippen molar-refractivity contribution in [2.24, 2.45) is 0 Å². The number of ether oxygens (including phenoxy) is 2. The number of carbonyl (C=O) groups excluding carboxylic acids is 3. The SMILES string of the molecule is CC(C)(C)OC(=O)N1CCC[C@H]1COc1ccc2sc(-c3nc(NCCN4C(=O)NC(=O)C4(C)C)ncc3Br)cc2c1. The number of aromatic nitrogens is 2. The highest BCUT2D eigenvalue weighted by Crippen LogP contribution is 2.37. The van der Waals surface area contributed by atoms with E-state index >= 15 is 0 Å². The Balaban J connectivity index is 1.24. The molecule has 4 heterocycles. The van der Waals surface area contributed by atoms with Crippen molar-refractivity contribution in [2.45, 2.75) is 64.6 Å². The maximum absolute atomic E-state index is 12.6. The van der Waals surface area contributed by atoms with E-state index in [1.807, 2.05) is 39.0 Å². The van der Waals surface area contributed by atoms with Crippen LogP contribution in [-0.2, 0) is 9.53 Å². The van der Waals surface area contributed by atoms with Gasteiger partial charge in [0.15, 0.2) is 0 Å². The standard InChI is InChI=1S/C29H35BrN6O5S/c1-28(2,3)41-27(39)35-11-6-7-18(35)16-40-19-8-9-21-17(13-19)14-22(42-21)23-20(30)15-32-25(33-23)31-10-12-36-26(38)34-24(37)29(36,4)5/h8-9,13-15,18H,6-7,10-12,16H2,1-5H3,(H,31,32,33)(H,34,37,38)/t18-/m0/s1. The highest BCUT2D eigenvalue weighted by molar-refractivity contribution is 9.10. The van der Waals surface area contributed by atoms with Gasteiger partial charge < -0.3 is 24.6 Å². The van der Waals surface area contributed by atoms with Crippen LogP contribution < -0.4 is 15.4 Å². The first-order valence-electron chi connectivity index (χ1n) is 13.9. The van der Waals surface area contributed by atoms with Gasteiger partial charge in [-0.1, -0.05) is 0 Å². The van der Waals surface area contributed by atoms with Gasteiger partial charge in [0.2, 0.25) is 5.95 Å². The van der Waals surface area contributed by atoms with E-state index in [1.54, 1.807) is 36.3 Å². The third kappa shape index (κ3) is 6.46. The first-order chi connectivity index (χ1) is 19.8. The molecule has 5 rings (SSSR count). The van der Waals surface area contributed by atoms with Crippen LogP contribution in [0.25, 0.3) is 20.7 Å². The van der Waals surface area contributed by atoms with E-state index in [9.17, 15) is 14.4 Å². The van der Waals surface area contributed by atoms with Crippen molar-refractivity contribution < 1.29 is 23.9 Å². The van der Waals surface area contributed by atoms with Crippen LogP contribution >= 0.6 is 27.3 Å². The number of hydrogen-bond acceptors (Lipinski definition) is 9. The minimum atomic E-state index is -0.904. The van der Waals surface area contributed by atoms with E-state index in [0.717, 1.165) is 43.7 Å². The highest BCUT2D eigenvalue weighted by atomic mass is 79.9. The number of nitrogens with one attached hydrogen (secondary N) is 2. The summed E-state index contributed by atoms with van der Waals surface area (Å²) in [5, 5.41) is 6.54. The smallest absolute Gasteiger partial charge is 0.410 e. The maximum atomic E-state index is 12.6. The fourth-order valence-electron chi connectivity index (χ4n) is 4.97. The fraction of sp³-hybridized carbons (Fsp3) is 0.483. The van der Waals surface area contributed by atoms with Crippen molar-refractivity contribution in [3.63, 3.8) is 0 Å². The zero-order chi connectivity index (χ0) is 30.2. The van der Waals surface area contributed by atoms with Crippen LogP contribution in [0.5, 0.6) is 5.75 Å². The van der Waals surface area contributed by atoms with E-state index < -0.39 is 17.2 Å². The minimum Gasteiger partial charge on any atom is -0.491 e. The third-order valence-corrected chi connectivity index (χ3v) is 8.93. The summed E-state index contributed by atoms with van der Waals surface area (Å²) in [7, 11) is 0. The van der Waals surface area contributed by atoms with Crippen LogP contribution in [0.1, 0.15) is 47.5 Å². The molecular formula is C29H35BrN6O5S. The largest absolute Gasteiger partial charge is 0.491 e. The van der Waals surface area contributed by atoms with Crippen molar-refractivity contribution in [2.75, 3.05) is 31.6 Å². The molecule has 2 aliphatic rings. The molecule has 2 fully saturated rings. The Hall–Kier alpha value is -3.45. The molecule has 1 atom stereocenters. The van der Waals surface area contributed by atoms with Crippen molar-refractivity contribution in [1.82, 2.24) is 25.1 Å². The lowest BCUT2D eigenvalue weighted by atomic mass is 10.0. The molecule has 4 amide bonds. The number of benzene rings is 1. The van der Waals surface area contributed by atoms with E-state index in [2.05, 4.69) is 37.6 Å². The predicted octanol–water partition coefficient (Wildman–Crippen LogP) is 5.64. The van der Waals surface area contributed by atoms with Gasteiger partial charge in [-0.05, 0) is 93.0 Å². The second kappa shape index (κ2) is 11.7. The molecule has 3 aromatic rings. The number of carbonyl (C=O) groups is 3. The van der Waals surface area contributed by atoms with Crippen LogP contribution in [0.3, 0.4) is 0 Å². The lowest BCUT2D eigenvalue weighted by molar-refractivity contribution is -0.125. The predicted molar refractivity (Wildman–Crippen MR) is 165 cm³/mol. The number of nitrogens with zero attached hydrogens (tertiary/aromatic N) is 4. The molecule has 0 unspecified atom stereocenters. The molecule has 2 N–H and O–H groups in total. The molecule has 0 radical (unpaired) electrons. The second-order valence-corrected chi connectivity index (χ2v) is 13.8. The normalized spacial score (nSPS) is 18.5. The summed E-state index contributed by atoms with van der Waals surface area (Å²) >= 11 is 5.18. The van der Waals surface area contributed by atoms with Crippen LogP contribution in [0.15, 0.2) is 34.9 Å². The number of thiophene rings is 1. The first-order valence-corrected chi connectivity index (χ1v) is 15.5. The van der Waals surface area contributed by atoms with E-state index in [0.29, 0.717) is 32.2 Å². The number of hydrogen-bond donors (Lipinski definition) is 2. The number of halogens is 1. The number of imide groups is 1. The lowest BCUT2D eigenvalue weighted by Gasteiger charge is -2.28. The maximum Gasteiger partial charge on any atom is 0.410 e. The summed E-state index contributed by atoms with van der Waals surface area (Å²) in [6.45, 7) is 10.8. The van der Waals surface area contributed by atoms with Crippen LogP contribution in [-0.4, -0.2) is 81.2 Å². The fourth-order valence-corrected chi connectivity index (χ4v) is 6.55. The molecule has 42 heavy (non-hydrogen) atoms. The Bertz CT molecular complexity index is 1520. The topological polar surface area (TPSA) is 126 Å². The van der Waals surface area contributed by atoms with Gasteiger partial charge >= 0.3 is 12.1 Å². The Morgan fingerprint density at radius 1 is 1.26 bits per heavy atom. The summed E-state index contributed by atoms with van der Waals surface area (Å²) < 4.78 is 13.5. The van der Waals surface area contributed by atoms with E-state index in [4.69, 9.17) is 14.5 Å². The number of amides is 4. The van der Waals surface area contributed by atoms with Gasteiger partial charge in [0.25, 0.3) is 5.91 Å². The van der Waals surface area contributed by atoms with E-state index in [-0.39, 0.29) is 18.0 Å². The van der Waals surface area contributed by atoms with Crippen LogP contribution in [0, 0.1) is 0 Å². The molecule has 2 aromatic heterocycles. The molecule has 11 nitrogen and oxygen atoms in total. The molecule has 1 aromatic carbocycles. The van der Waals surface area contributed by atoms with Crippen molar-refractivity contribution >= 4 is 61.3 Å². The Kier molecular flexibility index (Phi) is 8.35. The zero-order valence-corrected chi connectivity index (χ0v) is 26.7. The van der Waals surface area contributed by atoms with E-state index in [1.165, 1.54) is 4.90 Å². The lowest BCUT2D eigenvalue weighted by Crippen LogP contribution is -2.46. The zero-order valence-electron chi connectivity index (χ0n) is 24.3. The molecule has 0 aliphatic carbocycles. The first kappa shape index (κ1) is 30.0. The summed E-state index contributed by atoms with van der Waals surface area (Å²) in [4.78, 5) is 50.0. The van der Waals surface area contributed by atoms with Crippen molar-refractivity contribution in [3.05, 3.63) is 34.9 Å². The van der Waals surface area contributed by atoms with Gasteiger partial charge in [0, 0.05) is 30.5 Å². The molecule has 0 saturated carbocycles. The summed E-state index contributed by atoms with van der Waals surface area (Å²) in [6, 6.07) is 7.61. The van der Waals surface area contributed by atoms with Gasteiger partial charge in [0.1, 0.15) is 29.2 Å². The quantitative estimate of drug-likeness (QED) is 0.298. The van der Waals surface area contributed by atoms with Gasteiger partial charge in [-0.25, -0.2) is 19.6 Å². The molecule has 13 heteroatoms. The summed E-state index contributed by atoms with van der Waals surface area (Å²) in [5.41, 5.74) is -0.699. The molecule has 2 aliphatic heterocycles. The van der Waals surface area contributed by atoms with Gasteiger partial charge in [-0.15, -0.1) is 11.3 Å². The number of likely N-dealkylation sites (tertiary alicyclic amines) is 1. The van der Waals surface area contributed by atoms with Crippen LogP contribution in [0.2, 0.25) is 0 Å². The summed E-state index contributed by atoms with van der Waals surface area (Å²) in [6.07, 6.45) is 3.20. The third-order valence-electron chi connectivity index (χ3n) is 7.23. The minimum absolute atomic E-state index is 0.0251. The number of fused-ring (bicyclic) bond motifs is 1. The van der Waals surface area contributed by atoms with Gasteiger partial charge in [-0.3, -0.25) is 10.1 Å². The summed E-state index contributed by atoms with van der Waals surface area (Å²) in [5.74, 6) is 0.846. The van der Waals surface area contributed by atoms with Gasteiger partial charge in [-0.2, -0.15) is 0 Å². The average molecular weight is 660 g/mol. The van der Waals surface area contributed by atoms with Crippen LogP contribution in [0.4, 0.5) is 15.5 Å². The number of anilines is 1. The Morgan fingerprint density at radius 2 is 2.05 bits per heavy atom. The van der Waals surface area contributed by atoms with Crippen molar-refractivity contribution in [1.29, 1.82) is 0 Å². The molecular weight excluding hydrogens is 624 g/mol. The Morgan fingerprint density at radius 3 is 2.76 bits per heavy atom. The molecule has 0 spiro atoms. The number of urea groups is 1.